The van der Waals surface area contributed by atoms with Crippen LogP contribution in [-0.4, -0.2) is 23.8 Å². The van der Waals surface area contributed by atoms with Gasteiger partial charge in [-0.25, -0.2) is 4.98 Å². The van der Waals surface area contributed by atoms with Gasteiger partial charge in [-0.15, -0.1) is 0 Å². The Bertz CT molecular complexity index is 1000. The minimum absolute atomic E-state index is 0.0591. The van der Waals surface area contributed by atoms with Gasteiger partial charge in [0.2, 0.25) is 5.91 Å². The normalized spacial score (nSPS) is 13.6. The highest BCUT2D eigenvalue weighted by molar-refractivity contribution is 6.11. The van der Waals surface area contributed by atoms with E-state index in [4.69, 9.17) is 4.42 Å². The van der Waals surface area contributed by atoms with Gasteiger partial charge in [0, 0.05) is 31.6 Å². The Morgan fingerprint density at radius 1 is 1.19 bits per heavy atom. The Labute approximate surface area is 150 Å². The van der Waals surface area contributed by atoms with Gasteiger partial charge in [-0.1, -0.05) is 12.1 Å². The first-order chi connectivity index (χ1) is 12.5. The standard InChI is InChI=1S/C20H19N3O3/c1-12-21-16-10-9-14(11-18(16)26-12)22-19(24)15-5-3-4-6-17(15)23(2)20(25)13-7-8-13/h3-6,9-11,13H,7-8H2,1-2H3,(H,22,24). The lowest BCUT2D eigenvalue weighted by Gasteiger charge is -2.20. The number of amides is 2. The van der Waals surface area contributed by atoms with Crippen LogP contribution in [0.15, 0.2) is 46.9 Å². The van der Waals surface area contributed by atoms with E-state index in [-0.39, 0.29) is 17.7 Å². The lowest BCUT2D eigenvalue weighted by molar-refractivity contribution is -0.119. The lowest BCUT2D eigenvalue weighted by Crippen LogP contribution is -2.29. The Hall–Kier alpha value is -3.15. The monoisotopic (exact) mass is 349 g/mol. The molecule has 3 aromatic rings. The first-order valence-electron chi connectivity index (χ1n) is 8.58. The summed E-state index contributed by atoms with van der Waals surface area (Å²) in [6.45, 7) is 1.78. The van der Waals surface area contributed by atoms with Gasteiger partial charge in [-0.2, -0.15) is 0 Å². The molecule has 2 aromatic carbocycles. The second kappa shape index (κ2) is 6.29. The fraction of sp³-hybridized carbons (Fsp3) is 0.250. The number of carbonyl (C=O) groups is 2. The van der Waals surface area contributed by atoms with Crippen LogP contribution in [0.5, 0.6) is 0 Å². The van der Waals surface area contributed by atoms with Crippen LogP contribution in [0.1, 0.15) is 29.1 Å². The number of hydrogen-bond acceptors (Lipinski definition) is 4. The maximum Gasteiger partial charge on any atom is 0.257 e. The number of benzene rings is 2. The molecule has 0 saturated heterocycles. The maximum absolute atomic E-state index is 12.8. The molecule has 4 rings (SSSR count). The van der Waals surface area contributed by atoms with Crippen LogP contribution >= 0.6 is 0 Å². The van der Waals surface area contributed by atoms with Crippen LogP contribution in [0, 0.1) is 12.8 Å². The molecule has 6 heteroatoms. The summed E-state index contributed by atoms with van der Waals surface area (Å²) in [4.78, 5) is 31.0. The van der Waals surface area contributed by atoms with Crippen molar-refractivity contribution in [2.45, 2.75) is 19.8 Å². The Morgan fingerprint density at radius 3 is 2.73 bits per heavy atom. The number of aromatic nitrogens is 1. The number of anilines is 2. The number of aryl methyl sites for hydroxylation is 1. The molecule has 6 nitrogen and oxygen atoms in total. The highest BCUT2D eigenvalue weighted by atomic mass is 16.3. The molecule has 1 aliphatic rings. The fourth-order valence-corrected chi connectivity index (χ4v) is 3.00. The lowest BCUT2D eigenvalue weighted by atomic mass is 10.1. The molecular formula is C20H19N3O3. The average Bonchev–Trinajstić information content (AvgIpc) is 3.42. The molecule has 0 spiro atoms. The molecule has 1 aliphatic carbocycles. The molecule has 1 fully saturated rings. The zero-order valence-corrected chi connectivity index (χ0v) is 14.7. The SMILES string of the molecule is Cc1nc2ccc(NC(=O)c3ccccc3N(C)C(=O)C3CC3)cc2o1. The van der Waals surface area contributed by atoms with Gasteiger partial charge < -0.3 is 14.6 Å². The summed E-state index contributed by atoms with van der Waals surface area (Å²) in [7, 11) is 1.72. The number of nitrogens with one attached hydrogen (secondary N) is 1. The van der Waals surface area contributed by atoms with Gasteiger partial charge >= 0.3 is 0 Å². The van der Waals surface area contributed by atoms with E-state index in [2.05, 4.69) is 10.3 Å². The van der Waals surface area contributed by atoms with Gasteiger partial charge in [0.05, 0.1) is 11.3 Å². The second-order valence-corrected chi connectivity index (χ2v) is 6.56. The van der Waals surface area contributed by atoms with Crippen molar-refractivity contribution in [3.05, 3.63) is 53.9 Å². The largest absolute Gasteiger partial charge is 0.441 e. The number of rotatable bonds is 4. The van der Waals surface area contributed by atoms with Gasteiger partial charge in [0.25, 0.3) is 5.91 Å². The van der Waals surface area contributed by atoms with Gasteiger partial charge in [0.1, 0.15) is 5.52 Å². The van der Waals surface area contributed by atoms with Gasteiger partial charge in [-0.3, -0.25) is 9.59 Å². The van der Waals surface area contributed by atoms with E-state index in [0.717, 1.165) is 18.4 Å². The summed E-state index contributed by atoms with van der Waals surface area (Å²) in [5.74, 6) is 0.456. The minimum Gasteiger partial charge on any atom is -0.441 e. The minimum atomic E-state index is -0.272. The third-order valence-electron chi connectivity index (χ3n) is 4.52. The topological polar surface area (TPSA) is 75.4 Å². The van der Waals surface area contributed by atoms with Crippen LogP contribution in [0.4, 0.5) is 11.4 Å². The van der Waals surface area contributed by atoms with Crippen molar-refractivity contribution in [3.63, 3.8) is 0 Å². The maximum atomic E-state index is 12.8. The predicted molar refractivity (Wildman–Crippen MR) is 99.3 cm³/mol. The van der Waals surface area contributed by atoms with Crippen LogP contribution in [0.3, 0.4) is 0 Å². The number of para-hydroxylation sites is 1. The fourth-order valence-electron chi connectivity index (χ4n) is 3.00. The van der Waals surface area contributed by atoms with E-state index in [1.54, 1.807) is 55.3 Å². The Kier molecular flexibility index (Phi) is 3.95. The summed E-state index contributed by atoms with van der Waals surface area (Å²) in [6.07, 6.45) is 1.85. The van der Waals surface area contributed by atoms with E-state index >= 15 is 0 Å². The molecule has 0 aliphatic heterocycles. The predicted octanol–water partition coefficient (Wildman–Crippen LogP) is 3.76. The molecule has 0 unspecified atom stereocenters. The Balaban J connectivity index is 1.60. The number of fused-ring (bicyclic) bond motifs is 1. The molecule has 0 radical (unpaired) electrons. The van der Waals surface area contributed by atoms with Crippen molar-refractivity contribution in [3.8, 4) is 0 Å². The van der Waals surface area contributed by atoms with Crippen molar-refractivity contribution in [2.24, 2.45) is 5.92 Å². The molecule has 2 amide bonds. The van der Waals surface area contributed by atoms with Gasteiger partial charge in [-0.05, 0) is 37.1 Å². The summed E-state index contributed by atoms with van der Waals surface area (Å²) < 4.78 is 5.51. The highest BCUT2D eigenvalue weighted by Crippen LogP contribution is 2.33. The molecule has 132 valence electrons. The zero-order valence-electron chi connectivity index (χ0n) is 14.7. The molecule has 1 aromatic heterocycles. The Morgan fingerprint density at radius 2 is 1.96 bits per heavy atom. The van der Waals surface area contributed by atoms with E-state index in [9.17, 15) is 9.59 Å². The summed E-state index contributed by atoms with van der Waals surface area (Å²) in [5.41, 5.74) is 3.05. The van der Waals surface area contributed by atoms with E-state index in [1.165, 1.54) is 0 Å². The van der Waals surface area contributed by atoms with Crippen LogP contribution < -0.4 is 10.2 Å². The van der Waals surface area contributed by atoms with E-state index in [1.807, 2.05) is 6.07 Å². The van der Waals surface area contributed by atoms with Crippen molar-refractivity contribution in [1.29, 1.82) is 0 Å². The van der Waals surface area contributed by atoms with Crippen molar-refractivity contribution < 1.29 is 14.0 Å². The van der Waals surface area contributed by atoms with E-state index < -0.39 is 0 Å². The first-order valence-corrected chi connectivity index (χ1v) is 8.58. The number of nitrogens with zero attached hydrogens (tertiary/aromatic N) is 2. The molecular weight excluding hydrogens is 330 g/mol. The van der Waals surface area contributed by atoms with Crippen LogP contribution in [0.25, 0.3) is 11.1 Å². The number of carbonyl (C=O) groups excluding carboxylic acids is 2. The second-order valence-electron chi connectivity index (χ2n) is 6.56. The summed E-state index contributed by atoms with van der Waals surface area (Å²) in [5, 5.41) is 2.87. The van der Waals surface area contributed by atoms with Crippen LogP contribution in [-0.2, 0) is 4.79 Å². The first kappa shape index (κ1) is 16.3. The third kappa shape index (κ3) is 3.06. The number of oxazole rings is 1. The van der Waals surface area contributed by atoms with Crippen molar-refractivity contribution in [2.75, 3.05) is 17.3 Å². The van der Waals surface area contributed by atoms with Crippen molar-refractivity contribution >= 4 is 34.3 Å². The molecule has 1 saturated carbocycles. The third-order valence-corrected chi connectivity index (χ3v) is 4.52. The highest BCUT2D eigenvalue weighted by Gasteiger charge is 2.33. The average molecular weight is 349 g/mol. The zero-order chi connectivity index (χ0) is 18.3. The molecule has 26 heavy (non-hydrogen) atoms. The van der Waals surface area contributed by atoms with E-state index in [0.29, 0.717) is 28.4 Å². The summed E-state index contributed by atoms with van der Waals surface area (Å²) in [6, 6.07) is 12.5. The van der Waals surface area contributed by atoms with Gasteiger partial charge in [0.15, 0.2) is 11.5 Å². The van der Waals surface area contributed by atoms with Crippen molar-refractivity contribution in [1.82, 2.24) is 4.98 Å². The summed E-state index contributed by atoms with van der Waals surface area (Å²) >= 11 is 0. The smallest absolute Gasteiger partial charge is 0.257 e. The molecule has 0 bridgehead atoms. The molecule has 1 heterocycles. The molecule has 0 atom stereocenters. The molecule has 1 N–H and O–H groups in total. The van der Waals surface area contributed by atoms with Crippen LogP contribution in [0.2, 0.25) is 0 Å². The number of hydrogen-bond donors (Lipinski definition) is 1. The quantitative estimate of drug-likeness (QED) is 0.778.